The largest absolute Gasteiger partial charge is 0.479 e. The molecule has 5 atom stereocenters. The lowest BCUT2D eigenvalue weighted by Gasteiger charge is -2.47. The molecule has 2 aromatic carbocycles. The summed E-state index contributed by atoms with van der Waals surface area (Å²) >= 11 is 2.02. The molecule has 3 aromatic rings. The minimum Gasteiger partial charge on any atom is -0.479 e. The summed E-state index contributed by atoms with van der Waals surface area (Å²) in [6, 6.07) is 16.7. The van der Waals surface area contributed by atoms with Crippen LogP contribution in [-0.4, -0.2) is 85.2 Å². The molecule has 0 amide bonds. The number of likely N-dealkylation sites (tertiary alicyclic amines) is 1. The standard InChI is InChI=1S/C28H36N2S.C4H6O6/c1-4-13-29-16-20(19-31-3)14-25-24-11-8-12-26-28(24)23(15-27(25)29)18-30(26)17-22-10-7-6-9-21(22)5-2;5-1(3(7)8)2(6)4(9)10/h6-12,18,20,25,27H,4-5,13-17,19H2,1-3H3;1-2,5-6H,(H,7,8)(H,9,10)/t20-,25?,27-;/m1./s1. The Kier molecular flexibility index (Phi) is 10.5. The van der Waals surface area contributed by atoms with Gasteiger partial charge in [0.1, 0.15) is 0 Å². The van der Waals surface area contributed by atoms with Gasteiger partial charge in [-0.15, -0.1) is 0 Å². The Labute approximate surface area is 246 Å². The van der Waals surface area contributed by atoms with Crippen molar-refractivity contribution in [2.24, 2.45) is 5.92 Å². The van der Waals surface area contributed by atoms with Crippen LogP contribution in [0.1, 0.15) is 54.9 Å². The van der Waals surface area contributed by atoms with Crippen molar-refractivity contribution >= 4 is 34.6 Å². The molecule has 8 nitrogen and oxygen atoms in total. The minimum atomic E-state index is -2.27. The van der Waals surface area contributed by atoms with Gasteiger partial charge in [-0.25, -0.2) is 9.59 Å². The van der Waals surface area contributed by atoms with Crippen molar-refractivity contribution in [3.63, 3.8) is 0 Å². The number of aliphatic hydroxyl groups is 2. The second-order valence-electron chi connectivity index (χ2n) is 11.1. The van der Waals surface area contributed by atoms with Crippen molar-refractivity contribution in [3.05, 3.63) is 70.9 Å². The number of hydrogen-bond acceptors (Lipinski definition) is 6. The zero-order valence-corrected chi connectivity index (χ0v) is 24.9. The topological polar surface area (TPSA) is 123 Å². The zero-order chi connectivity index (χ0) is 29.7. The van der Waals surface area contributed by atoms with E-state index in [-0.39, 0.29) is 0 Å². The molecule has 9 heteroatoms. The number of aryl methyl sites for hydroxylation is 1. The molecule has 1 saturated heterocycles. The maximum atomic E-state index is 9.77. The number of nitrogens with zero attached hydrogens (tertiary/aromatic N) is 2. The van der Waals surface area contributed by atoms with Crippen molar-refractivity contribution in [2.45, 2.75) is 70.2 Å². The second-order valence-corrected chi connectivity index (χ2v) is 12.1. The van der Waals surface area contributed by atoms with Gasteiger partial charge in [-0.2, -0.15) is 11.8 Å². The molecule has 1 fully saturated rings. The molecular formula is C32H42N2O6S. The predicted octanol–water partition coefficient (Wildman–Crippen LogP) is 4.23. The first-order valence-electron chi connectivity index (χ1n) is 14.4. The predicted molar refractivity (Wildman–Crippen MR) is 163 cm³/mol. The highest BCUT2D eigenvalue weighted by atomic mass is 32.2. The fourth-order valence-corrected chi connectivity index (χ4v) is 7.33. The molecular weight excluding hydrogens is 540 g/mol. The minimum absolute atomic E-state index is 0.676. The quantitative estimate of drug-likeness (QED) is 0.280. The van der Waals surface area contributed by atoms with Crippen LogP contribution >= 0.6 is 11.8 Å². The van der Waals surface area contributed by atoms with Crippen LogP contribution in [-0.2, 0) is 29.0 Å². The highest BCUT2D eigenvalue weighted by Crippen LogP contribution is 2.46. The lowest BCUT2D eigenvalue weighted by Crippen LogP contribution is -2.50. The van der Waals surface area contributed by atoms with Gasteiger partial charge in [-0.3, -0.25) is 4.90 Å². The molecule has 0 radical (unpaired) electrons. The Morgan fingerprint density at radius 3 is 2.29 bits per heavy atom. The van der Waals surface area contributed by atoms with Gasteiger partial charge in [0.25, 0.3) is 0 Å². The second kappa shape index (κ2) is 13.9. The monoisotopic (exact) mass is 582 g/mol. The molecule has 2 aliphatic rings. The summed E-state index contributed by atoms with van der Waals surface area (Å²) in [5, 5.41) is 34.1. The van der Waals surface area contributed by atoms with Gasteiger partial charge in [-0.1, -0.05) is 50.2 Å². The number of aromatic nitrogens is 1. The molecule has 41 heavy (non-hydrogen) atoms. The van der Waals surface area contributed by atoms with E-state index >= 15 is 0 Å². The van der Waals surface area contributed by atoms with E-state index in [1.807, 2.05) is 11.8 Å². The third-order valence-corrected chi connectivity index (χ3v) is 9.22. The highest BCUT2D eigenvalue weighted by Gasteiger charge is 2.40. The molecule has 1 aliphatic heterocycles. The van der Waals surface area contributed by atoms with Gasteiger partial charge in [0.05, 0.1) is 0 Å². The molecule has 0 bridgehead atoms. The Hall–Kier alpha value is -2.85. The van der Waals surface area contributed by atoms with Crippen LogP contribution in [0, 0.1) is 5.92 Å². The van der Waals surface area contributed by atoms with E-state index in [0.29, 0.717) is 12.0 Å². The van der Waals surface area contributed by atoms with Crippen LogP contribution in [0.4, 0.5) is 0 Å². The van der Waals surface area contributed by atoms with Crippen molar-refractivity contribution in [1.82, 2.24) is 9.47 Å². The van der Waals surface area contributed by atoms with E-state index in [2.05, 4.69) is 78.2 Å². The van der Waals surface area contributed by atoms with Crippen molar-refractivity contribution < 1.29 is 30.0 Å². The Morgan fingerprint density at radius 2 is 1.68 bits per heavy atom. The normalized spacial score (nSPS) is 21.4. The number of thioether (sulfide) groups is 1. The van der Waals surface area contributed by atoms with Crippen LogP contribution in [0.15, 0.2) is 48.7 Å². The number of carboxylic acids is 2. The third-order valence-electron chi connectivity index (χ3n) is 8.42. The number of hydrogen-bond donors (Lipinski definition) is 4. The summed E-state index contributed by atoms with van der Waals surface area (Å²) in [5.74, 6) is -0.739. The van der Waals surface area contributed by atoms with Crippen molar-refractivity contribution in [1.29, 1.82) is 0 Å². The highest BCUT2D eigenvalue weighted by molar-refractivity contribution is 7.98. The fourth-order valence-electron chi connectivity index (χ4n) is 6.62. The summed E-state index contributed by atoms with van der Waals surface area (Å²) in [4.78, 5) is 22.4. The van der Waals surface area contributed by atoms with Crippen LogP contribution < -0.4 is 0 Å². The maximum absolute atomic E-state index is 9.77. The van der Waals surface area contributed by atoms with E-state index in [9.17, 15) is 9.59 Å². The van der Waals surface area contributed by atoms with Gasteiger partial charge in [0, 0.05) is 42.1 Å². The first-order valence-corrected chi connectivity index (χ1v) is 15.8. The molecule has 0 saturated carbocycles. The summed E-state index contributed by atoms with van der Waals surface area (Å²) in [7, 11) is 0. The lowest BCUT2D eigenvalue weighted by atomic mass is 9.72. The SMILES string of the molecule is CCCN1C[C@H](CSC)CC2c3cccc4c3c(cn4Cc3ccccc3CC)C[C@H]21.O=C(O)C(O)C(O)C(=O)O. The molecule has 2 heterocycles. The number of aliphatic hydroxyl groups excluding tert-OH is 2. The van der Waals surface area contributed by atoms with Crippen molar-refractivity contribution in [3.8, 4) is 0 Å². The van der Waals surface area contributed by atoms with E-state index in [1.54, 1.807) is 16.5 Å². The van der Waals surface area contributed by atoms with E-state index in [1.165, 1.54) is 54.7 Å². The first kappa shape index (κ1) is 31.1. The summed E-state index contributed by atoms with van der Waals surface area (Å²) in [6.45, 7) is 8.10. The average molecular weight is 583 g/mol. The molecule has 5 rings (SSSR count). The van der Waals surface area contributed by atoms with Gasteiger partial charge >= 0.3 is 11.9 Å². The Balaban J connectivity index is 0.000000334. The van der Waals surface area contributed by atoms with Gasteiger partial charge in [0.15, 0.2) is 12.2 Å². The molecule has 1 aromatic heterocycles. The number of benzene rings is 2. The zero-order valence-electron chi connectivity index (χ0n) is 24.1. The van der Waals surface area contributed by atoms with Crippen LogP contribution in [0.3, 0.4) is 0 Å². The smallest absolute Gasteiger partial charge is 0.335 e. The number of rotatable bonds is 10. The van der Waals surface area contributed by atoms with Crippen LogP contribution in [0.2, 0.25) is 0 Å². The molecule has 222 valence electrons. The first-order chi connectivity index (χ1) is 19.7. The van der Waals surface area contributed by atoms with Gasteiger partial charge < -0.3 is 25.0 Å². The Bertz CT molecular complexity index is 1340. The van der Waals surface area contributed by atoms with E-state index in [4.69, 9.17) is 20.4 Å². The summed E-state index contributed by atoms with van der Waals surface area (Å²) < 4.78 is 2.53. The number of fused-ring (bicyclic) bond motifs is 2. The van der Waals surface area contributed by atoms with Gasteiger partial charge in [0.2, 0.25) is 0 Å². The molecule has 4 N–H and O–H groups in total. The third kappa shape index (κ3) is 6.80. The summed E-state index contributed by atoms with van der Waals surface area (Å²) in [5.41, 5.74) is 7.57. The van der Waals surface area contributed by atoms with Crippen LogP contribution in [0.5, 0.6) is 0 Å². The van der Waals surface area contributed by atoms with E-state index in [0.717, 1.165) is 18.9 Å². The summed E-state index contributed by atoms with van der Waals surface area (Å²) in [6.07, 6.45) is 5.14. The Morgan fingerprint density at radius 1 is 1.00 bits per heavy atom. The molecule has 1 aliphatic carbocycles. The number of carboxylic acid groups (broad SMARTS) is 2. The number of aliphatic carboxylic acids is 2. The molecule has 3 unspecified atom stereocenters. The number of carbonyl (C=O) groups is 2. The number of piperidine rings is 1. The molecule has 0 spiro atoms. The fraction of sp³-hybridized carbons (Fsp3) is 0.500. The average Bonchev–Trinajstić information content (AvgIpc) is 3.31. The lowest BCUT2D eigenvalue weighted by molar-refractivity contribution is -0.165. The van der Waals surface area contributed by atoms with Crippen molar-refractivity contribution in [2.75, 3.05) is 25.1 Å². The maximum Gasteiger partial charge on any atom is 0.335 e. The van der Waals surface area contributed by atoms with Gasteiger partial charge in [-0.05, 0) is 78.5 Å². The van der Waals surface area contributed by atoms with E-state index < -0.39 is 24.1 Å². The van der Waals surface area contributed by atoms with Crippen LogP contribution in [0.25, 0.3) is 10.9 Å².